The average molecular weight is 275 g/mol. The van der Waals surface area contributed by atoms with Crippen LogP contribution >= 0.6 is 23.2 Å². The van der Waals surface area contributed by atoms with E-state index in [1.54, 1.807) is 18.2 Å². The van der Waals surface area contributed by atoms with Gasteiger partial charge >= 0.3 is 0 Å². The van der Waals surface area contributed by atoms with Crippen molar-refractivity contribution in [2.45, 2.75) is 19.9 Å². The minimum absolute atomic E-state index is 0.0553. The van der Waals surface area contributed by atoms with Crippen molar-refractivity contribution in [2.24, 2.45) is 11.7 Å². The van der Waals surface area contributed by atoms with Gasteiger partial charge in [-0.2, -0.15) is 0 Å². The zero-order valence-electron chi connectivity index (χ0n) is 9.84. The van der Waals surface area contributed by atoms with E-state index >= 15 is 0 Å². The summed E-state index contributed by atoms with van der Waals surface area (Å²) in [7, 11) is 0. The van der Waals surface area contributed by atoms with E-state index in [1.807, 2.05) is 13.8 Å². The number of benzene rings is 1. The Balaban J connectivity index is 2.82. The molecule has 0 spiro atoms. The highest BCUT2D eigenvalue weighted by Crippen LogP contribution is 2.19. The van der Waals surface area contributed by atoms with E-state index in [4.69, 9.17) is 28.9 Å². The molecule has 0 aliphatic heterocycles. The molecule has 0 aliphatic carbocycles. The summed E-state index contributed by atoms with van der Waals surface area (Å²) in [6.45, 7) is 4.41. The Hall–Kier alpha value is -0.770. The molecule has 0 saturated heterocycles. The average Bonchev–Trinajstić information content (AvgIpc) is 2.23. The van der Waals surface area contributed by atoms with Gasteiger partial charge in [-0.05, 0) is 24.1 Å². The number of halogens is 2. The molecule has 3 N–H and O–H groups in total. The number of amides is 1. The van der Waals surface area contributed by atoms with Crippen molar-refractivity contribution < 1.29 is 4.79 Å². The summed E-state index contributed by atoms with van der Waals surface area (Å²) < 4.78 is 0. The Morgan fingerprint density at radius 1 is 1.29 bits per heavy atom. The standard InChI is InChI=1S/C12H16Cl2N2O/c1-7(2)11(6-15)16-12(17)8-3-9(13)5-10(14)4-8/h3-5,7,11H,6,15H2,1-2H3,(H,16,17). The number of carbonyl (C=O) groups excluding carboxylic acids is 1. The molecular formula is C12H16Cl2N2O. The smallest absolute Gasteiger partial charge is 0.251 e. The number of rotatable bonds is 4. The van der Waals surface area contributed by atoms with Crippen LogP contribution in [0.4, 0.5) is 0 Å². The van der Waals surface area contributed by atoms with Gasteiger partial charge in [0.05, 0.1) is 0 Å². The van der Waals surface area contributed by atoms with Crippen LogP contribution in [-0.4, -0.2) is 18.5 Å². The molecule has 1 aromatic carbocycles. The zero-order valence-corrected chi connectivity index (χ0v) is 11.3. The van der Waals surface area contributed by atoms with Crippen molar-refractivity contribution in [1.82, 2.24) is 5.32 Å². The van der Waals surface area contributed by atoms with Gasteiger partial charge < -0.3 is 11.1 Å². The van der Waals surface area contributed by atoms with Crippen LogP contribution < -0.4 is 11.1 Å². The fraction of sp³-hybridized carbons (Fsp3) is 0.417. The number of nitrogens with two attached hydrogens (primary N) is 1. The Labute approximate surface area is 111 Å². The third-order valence-corrected chi connectivity index (χ3v) is 2.94. The van der Waals surface area contributed by atoms with Gasteiger partial charge in [-0.15, -0.1) is 0 Å². The molecule has 0 fully saturated rings. The SMILES string of the molecule is CC(C)C(CN)NC(=O)c1cc(Cl)cc(Cl)c1. The van der Waals surface area contributed by atoms with Crippen molar-refractivity contribution in [2.75, 3.05) is 6.54 Å². The van der Waals surface area contributed by atoms with Crippen LogP contribution in [0, 0.1) is 5.92 Å². The Morgan fingerprint density at radius 3 is 2.24 bits per heavy atom. The third-order valence-electron chi connectivity index (χ3n) is 2.50. The van der Waals surface area contributed by atoms with E-state index in [1.165, 1.54) is 0 Å². The lowest BCUT2D eigenvalue weighted by molar-refractivity contribution is 0.0928. The van der Waals surface area contributed by atoms with Crippen molar-refractivity contribution >= 4 is 29.1 Å². The Kier molecular flexibility index (Phi) is 5.25. The van der Waals surface area contributed by atoms with Crippen LogP contribution in [0.2, 0.25) is 10.0 Å². The van der Waals surface area contributed by atoms with Crippen molar-refractivity contribution in [3.63, 3.8) is 0 Å². The van der Waals surface area contributed by atoms with Crippen molar-refractivity contribution in [1.29, 1.82) is 0 Å². The fourth-order valence-electron chi connectivity index (χ4n) is 1.43. The lowest BCUT2D eigenvalue weighted by Crippen LogP contribution is -2.43. The van der Waals surface area contributed by atoms with Gasteiger partial charge in [-0.3, -0.25) is 4.79 Å². The summed E-state index contributed by atoms with van der Waals surface area (Å²) in [5, 5.41) is 3.74. The largest absolute Gasteiger partial charge is 0.348 e. The molecule has 0 aliphatic rings. The molecule has 0 bridgehead atoms. The quantitative estimate of drug-likeness (QED) is 0.887. The molecule has 1 aromatic rings. The van der Waals surface area contributed by atoms with Crippen LogP contribution in [0.15, 0.2) is 18.2 Å². The van der Waals surface area contributed by atoms with Gasteiger partial charge in [-0.1, -0.05) is 37.0 Å². The second-order valence-electron chi connectivity index (χ2n) is 4.22. The molecule has 17 heavy (non-hydrogen) atoms. The van der Waals surface area contributed by atoms with Gasteiger partial charge in [0.25, 0.3) is 5.91 Å². The van der Waals surface area contributed by atoms with Crippen LogP contribution in [0.1, 0.15) is 24.2 Å². The van der Waals surface area contributed by atoms with E-state index in [0.29, 0.717) is 22.2 Å². The highest BCUT2D eigenvalue weighted by atomic mass is 35.5. The summed E-state index contributed by atoms with van der Waals surface area (Å²) in [6, 6.07) is 4.69. The predicted octanol–water partition coefficient (Wildman–Crippen LogP) is 2.71. The maximum atomic E-state index is 11.9. The minimum atomic E-state index is -0.210. The predicted molar refractivity (Wildman–Crippen MR) is 71.6 cm³/mol. The topological polar surface area (TPSA) is 55.1 Å². The second-order valence-corrected chi connectivity index (χ2v) is 5.09. The molecular weight excluding hydrogens is 259 g/mol. The van der Waals surface area contributed by atoms with Gasteiger partial charge in [0, 0.05) is 28.2 Å². The summed E-state index contributed by atoms with van der Waals surface area (Å²) >= 11 is 11.7. The van der Waals surface area contributed by atoms with E-state index in [9.17, 15) is 4.79 Å². The molecule has 3 nitrogen and oxygen atoms in total. The van der Waals surface area contributed by atoms with Crippen molar-refractivity contribution in [3.05, 3.63) is 33.8 Å². The Morgan fingerprint density at radius 2 is 1.82 bits per heavy atom. The first-order valence-electron chi connectivity index (χ1n) is 5.41. The van der Waals surface area contributed by atoms with Gasteiger partial charge in [-0.25, -0.2) is 0 Å². The summed E-state index contributed by atoms with van der Waals surface area (Å²) in [5.74, 6) is 0.0668. The number of hydrogen-bond acceptors (Lipinski definition) is 2. The first-order chi connectivity index (χ1) is 7.93. The van der Waals surface area contributed by atoms with Gasteiger partial charge in [0.2, 0.25) is 0 Å². The fourth-order valence-corrected chi connectivity index (χ4v) is 1.96. The molecule has 1 atom stereocenters. The molecule has 1 unspecified atom stereocenters. The van der Waals surface area contributed by atoms with E-state index in [-0.39, 0.29) is 17.9 Å². The van der Waals surface area contributed by atoms with Crippen LogP contribution in [0.3, 0.4) is 0 Å². The maximum absolute atomic E-state index is 11.9. The van der Waals surface area contributed by atoms with E-state index in [2.05, 4.69) is 5.32 Å². The lowest BCUT2D eigenvalue weighted by atomic mass is 10.0. The molecule has 94 valence electrons. The zero-order chi connectivity index (χ0) is 13.0. The molecule has 1 rings (SSSR count). The molecule has 0 heterocycles. The van der Waals surface area contributed by atoms with Gasteiger partial charge in [0.15, 0.2) is 0 Å². The summed E-state index contributed by atoms with van der Waals surface area (Å²) in [4.78, 5) is 11.9. The molecule has 1 amide bonds. The molecule has 0 aromatic heterocycles. The number of hydrogen-bond donors (Lipinski definition) is 2. The molecule has 0 saturated carbocycles. The monoisotopic (exact) mass is 274 g/mol. The second kappa shape index (κ2) is 6.24. The first-order valence-corrected chi connectivity index (χ1v) is 6.16. The van der Waals surface area contributed by atoms with Gasteiger partial charge in [0.1, 0.15) is 0 Å². The molecule has 0 radical (unpaired) electrons. The minimum Gasteiger partial charge on any atom is -0.348 e. The molecule has 5 heteroatoms. The summed E-state index contributed by atoms with van der Waals surface area (Å²) in [6.07, 6.45) is 0. The van der Waals surface area contributed by atoms with Crippen LogP contribution in [0.5, 0.6) is 0 Å². The van der Waals surface area contributed by atoms with Crippen molar-refractivity contribution in [3.8, 4) is 0 Å². The summed E-state index contributed by atoms with van der Waals surface area (Å²) in [5.41, 5.74) is 6.04. The van der Waals surface area contributed by atoms with E-state index in [0.717, 1.165) is 0 Å². The first kappa shape index (κ1) is 14.3. The lowest BCUT2D eigenvalue weighted by Gasteiger charge is -2.20. The number of nitrogens with one attached hydrogen (secondary N) is 1. The maximum Gasteiger partial charge on any atom is 0.251 e. The normalized spacial score (nSPS) is 12.6. The van der Waals surface area contributed by atoms with Crippen LogP contribution in [-0.2, 0) is 0 Å². The number of carbonyl (C=O) groups is 1. The third kappa shape index (κ3) is 4.19. The van der Waals surface area contributed by atoms with E-state index < -0.39 is 0 Å². The highest BCUT2D eigenvalue weighted by molar-refractivity contribution is 6.35. The van der Waals surface area contributed by atoms with Crippen LogP contribution in [0.25, 0.3) is 0 Å². The Bertz CT molecular complexity index is 387. The highest BCUT2D eigenvalue weighted by Gasteiger charge is 2.16.